The van der Waals surface area contributed by atoms with Crippen molar-refractivity contribution in [3.8, 4) is 0 Å². The first-order valence-electron chi connectivity index (χ1n) is 9.26. The first-order chi connectivity index (χ1) is 12.8. The summed E-state index contributed by atoms with van der Waals surface area (Å²) in [7, 11) is -3.52. The standard InChI is InChI=1S/C19H27ClN4O2S/c1-5-24-16(4)17(15(3)21-24)13-22-9-11-23(12-10-22)27(25,26)19-8-6-7-18(20)14(19)2/h6-8H,5,9-13H2,1-4H3. The van der Waals surface area contributed by atoms with Crippen molar-refractivity contribution in [2.24, 2.45) is 0 Å². The lowest BCUT2D eigenvalue weighted by Crippen LogP contribution is -2.48. The van der Waals surface area contributed by atoms with E-state index in [4.69, 9.17) is 11.6 Å². The van der Waals surface area contributed by atoms with Gasteiger partial charge in [0.2, 0.25) is 10.0 Å². The fourth-order valence-electron chi connectivity index (χ4n) is 3.63. The molecule has 0 aliphatic carbocycles. The summed E-state index contributed by atoms with van der Waals surface area (Å²) < 4.78 is 29.6. The first kappa shape index (κ1) is 20.3. The molecule has 1 fully saturated rings. The van der Waals surface area contributed by atoms with E-state index in [0.717, 1.165) is 18.8 Å². The maximum atomic E-state index is 13.0. The quantitative estimate of drug-likeness (QED) is 0.760. The van der Waals surface area contributed by atoms with Gasteiger partial charge in [-0.25, -0.2) is 8.42 Å². The fourth-order valence-corrected chi connectivity index (χ4v) is 5.53. The second-order valence-electron chi connectivity index (χ2n) is 7.01. The summed E-state index contributed by atoms with van der Waals surface area (Å²) in [6.07, 6.45) is 0. The van der Waals surface area contributed by atoms with E-state index < -0.39 is 10.0 Å². The highest BCUT2D eigenvalue weighted by molar-refractivity contribution is 7.89. The lowest BCUT2D eigenvalue weighted by Gasteiger charge is -2.34. The Morgan fingerprint density at radius 2 is 1.78 bits per heavy atom. The molecule has 0 radical (unpaired) electrons. The van der Waals surface area contributed by atoms with Crippen molar-refractivity contribution in [2.75, 3.05) is 26.2 Å². The van der Waals surface area contributed by atoms with Crippen molar-refractivity contribution >= 4 is 21.6 Å². The van der Waals surface area contributed by atoms with Crippen LogP contribution in [0.25, 0.3) is 0 Å². The Morgan fingerprint density at radius 1 is 1.11 bits per heavy atom. The van der Waals surface area contributed by atoms with E-state index in [-0.39, 0.29) is 0 Å². The smallest absolute Gasteiger partial charge is 0.243 e. The molecule has 2 heterocycles. The van der Waals surface area contributed by atoms with Gasteiger partial charge in [-0.05, 0) is 45.4 Å². The fraction of sp³-hybridized carbons (Fsp3) is 0.526. The lowest BCUT2D eigenvalue weighted by atomic mass is 10.1. The molecule has 1 saturated heterocycles. The summed E-state index contributed by atoms with van der Waals surface area (Å²) in [4.78, 5) is 2.60. The van der Waals surface area contributed by atoms with E-state index in [1.54, 1.807) is 29.4 Å². The van der Waals surface area contributed by atoms with Gasteiger partial charge in [0.05, 0.1) is 10.6 Å². The van der Waals surface area contributed by atoms with E-state index in [0.29, 0.717) is 41.7 Å². The summed E-state index contributed by atoms with van der Waals surface area (Å²) in [5, 5.41) is 5.06. The second kappa shape index (κ2) is 7.91. The van der Waals surface area contributed by atoms with Gasteiger partial charge in [-0.15, -0.1) is 0 Å². The number of sulfonamides is 1. The molecule has 1 aromatic carbocycles. The second-order valence-corrected chi connectivity index (χ2v) is 9.32. The maximum Gasteiger partial charge on any atom is 0.243 e. The van der Waals surface area contributed by atoms with Crippen molar-refractivity contribution < 1.29 is 8.42 Å². The molecule has 8 heteroatoms. The van der Waals surface area contributed by atoms with Crippen molar-refractivity contribution in [1.29, 1.82) is 0 Å². The Balaban J connectivity index is 1.70. The minimum atomic E-state index is -3.52. The number of halogens is 1. The number of aryl methyl sites for hydroxylation is 2. The minimum Gasteiger partial charge on any atom is -0.296 e. The van der Waals surface area contributed by atoms with Gasteiger partial charge >= 0.3 is 0 Å². The van der Waals surface area contributed by atoms with Crippen LogP contribution in [0.15, 0.2) is 23.1 Å². The largest absolute Gasteiger partial charge is 0.296 e. The van der Waals surface area contributed by atoms with E-state index in [9.17, 15) is 8.42 Å². The molecular weight excluding hydrogens is 384 g/mol. The van der Waals surface area contributed by atoms with E-state index in [2.05, 4.69) is 23.8 Å². The monoisotopic (exact) mass is 410 g/mol. The van der Waals surface area contributed by atoms with Gasteiger partial charge in [-0.1, -0.05) is 17.7 Å². The summed E-state index contributed by atoms with van der Waals surface area (Å²) in [6.45, 7) is 12.0. The highest BCUT2D eigenvalue weighted by Gasteiger charge is 2.30. The molecule has 0 amide bonds. The molecule has 6 nitrogen and oxygen atoms in total. The van der Waals surface area contributed by atoms with Crippen LogP contribution in [-0.4, -0.2) is 53.6 Å². The third kappa shape index (κ3) is 3.92. The molecule has 1 aliphatic rings. The Hall–Kier alpha value is -1.41. The molecule has 0 spiro atoms. The molecular formula is C19H27ClN4O2S. The predicted molar refractivity (Wildman–Crippen MR) is 108 cm³/mol. The number of piperazine rings is 1. The van der Waals surface area contributed by atoms with E-state index in [1.807, 2.05) is 11.6 Å². The van der Waals surface area contributed by atoms with Gasteiger partial charge in [-0.2, -0.15) is 9.40 Å². The summed E-state index contributed by atoms with van der Waals surface area (Å²) in [6, 6.07) is 5.04. The molecule has 1 aliphatic heterocycles. The summed E-state index contributed by atoms with van der Waals surface area (Å²) in [5.41, 5.74) is 4.11. The molecule has 0 unspecified atom stereocenters. The molecule has 0 saturated carbocycles. The van der Waals surface area contributed by atoms with Gasteiger partial charge < -0.3 is 0 Å². The number of rotatable bonds is 5. The normalized spacial score (nSPS) is 16.8. The highest BCUT2D eigenvalue weighted by atomic mass is 35.5. The summed E-state index contributed by atoms with van der Waals surface area (Å²) in [5.74, 6) is 0. The number of benzene rings is 1. The SMILES string of the molecule is CCn1nc(C)c(CN2CCN(S(=O)(=O)c3cccc(Cl)c3C)CC2)c1C. The van der Waals surface area contributed by atoms with E-state index >= 15 is 0 Å². The van der Waals surface area contributed by atoms with Crippen molar-refractivity contribution in [1.82, 2.24) is 19.0 Å². The Morgan fingerprint density at radius 3 is 2.37 bits per heavy atom. The molecule has 2 aromatic rings. The zero-order valence-electron chi connectivity index (χ0n) is 16.4. The average Bonchev–Trinajstić information content (AvgIpc) is 2.92. The summed E-state index contributed by atoms with van der Waals surface area (Å²) >= 11 is 6.12. The van der Waals surface area contributed by atoms with Gasteiger partial charge in [0.1, 0.15) is 0 Å². The minimum absolute atomic E-state index is 0.305. The van der Waals surface area contributed by atoms with Crippen LogP contribution in [0.1, 0.15) is 29.4 Å². The number of nitrogens with zero attached hydrogens (tertiary/aromatic N) is 4. The maximum absolute atomic E-state index is 13.0. The van der Waals surface area contributed by atoms with Crippen LogP contribution in [0.5, 0.6) is 0 Å². The molecule has 0 atom stereocenters. The van der Waals surface area contributed by atoms with Gasteiger partial charge in [0, 0.05) is 55.5 Å². The van der Waals surface area contributed by atoms with Gasteiger partial charge in [0.25, 0.3) is 0 Å². The Kier molecular flexibility index (Phi) is 5.96. The average molecular weight is 411 g/mol. The van der Waals surface area contributed by atoms with Gasteiger partial charge in [0.15, 0.2) is 0 Å². The van der Waals surface area contributed by atoms with Crippen LogP contribution in [0.2, 0.25) is 5.02 Å². The van der Waals surface area contributed by atoms with Crippen LogP contribution < -0.4 is 0 Å². The zero-order valence-corrected chi connectivity index (χ0v) is 17.9. The predicted octanol–water partition coefficient (Wildman–Crippen LogP) is 2.99. The molecule has 27 heavy (non-hydrogen) atoms. The lowest BCUT2D eigenvalue weighted by molar-refractivity contribution is 0.181. The van der Waals surface area contributed by atoms with Crippen LogP contribution in [0.4, 0.5) is 0 Å². The molecule has 0 bridgehead atoms. The third-order valence-corrected chi connectivity index (χ3v) is 7.83. The van der Waals surface area contributed by atoms with Crippen LogP contribution in [0, 0.1) is 20.8 Å². The highest BCUT2D eigenvalue weighted by Crippen LogP contribution is 2.26. The molecule has 0 N–H and O–H groups in total. The van der Waals surface area contributed by atoms with Gasteiger partial charge in [-0.3, -0.25) is 9.58 Å². The number of hydrogen-bond acceptors (Lipinski definition) is 4. The topological polar surface area (TPSA) is 58.4 Å². The third-order valence-electron chi connectivity index (χ3n) is 5.38. The number of aromatic nitrogens is 2. The van der Waals surface area contributed by atoms with Crippen molar-refractivity contribution in [2.45, 2.75) is 45.7 Å². The molecule has 1 aromatic heterocycles. The first-order valence-corrected chi connectivity index (χ1v) is 11.1. The van der Waals surface area contributed by atoms with Crippen molar-refractivity contribution in [3.63, 3.8) is 0 Å². The Bertz CT molecular complexity index is 931. The number of hydrogen-bond donors (Lipinski definition) is 0. The Labute approximate surface area is 166 Å². The van der Waals surface area contributed by atoms with Crippen LogP contribution in [0.3, 0.4) is 0 Å². The van der Waals surface area contributed by atoms with Crippen LogP contribution >= 0.6 is 11.6 Å². The van der Waals surface area contributed by atoms with Crippen LogP contribution in [-0.2, 0) is 23.1 Å². The zero-order chi connectivity index (χ0) is 19.8. The van der Waals surface area contributed by atoms with E-state index in [1.165, 1.54) is 11.3 Å². The molecule has 3 rings (SSSR count). The van der Waals surface area contributed by atoms with Crippen molar-refractivity contribution in [3.05, 3.63) is 45.7 Å². The molecule has 148 valence electrons.